The molecule has 0 saturated heterocycles. The first-order chi connectivity index (χ1) is 10.6. The van der Waals surface area contributed by atoms with E-state index in [-0.39, 0.29) is 5.97 Å². The molecule has 0 unspecified atom stereocenters. The Morgan fingerprint density at radius 2 is 1.82 bits per heavy atom. The standard InChI is InChI=1S/C20H28O2/c1-5-18-12-7-8-13-19(18)14-16(3)10-9-11-17(4)15-20(21)22-6-2/h5,9-11,14-15H,6-8,12-13H2,1-4H3/b11-9+,16-10+,17-15+,18-5-,19-14+. The van der Waals surface area contributed by atoms with Gasteiger partial charge in [-0.2, -0.15) is 0 Å². The van der Waals surface area contributed by atoms with Crippen molar-refractivity contribution >= 4 is 5.97 Å². The summed E-state index contributed by atoms with van der Waals surface area (Å²) in [5.41, 5.74) is 5.08. The van der Waals surface area contributed by atoms with Crippen molar-refractivity contribution in [2.24, 2.45) is 0 Å². The first-order valence-electron chi connectivity index (χ1n) is 8.13. The summed E-state index contributed by atoms with van der Waals surface area (Å²) in [7, 11) is 0. The molecule has 0 radical (unpaired) electrons. The van der Waals surface area contributed by atoms with Crippen LogP contribution in [-0.2, 0) is 9.53 Å². The van der Waals surface area contributed by atoms with E-state index < -0.39 is 0 Å². The Labute approximate surface area is 134 Å². The first kappa shape index (κ1) is 18.2. The van der Waals surface area contributed by atoms with E-state index in [1.165, 1.54) is 48.5 Å². The number of carbonyl (C=O) groups excluding carboxylic acids is 1. The maximum absolute atomic E-state index is 11.3. The number of esters is 1. The summed E-state index contributed by atoms with van der Waals surface area (Å²) in [5, 5.41) is 0. The quantitative estimate of drug-likeness (QED) is 0.383. The molecule has 0 aliphatic heterocycles. The summed E-state index contributed by atoms with van der Waals surface area (Å²) in [5.74, 6) is -0.285. The third-order valence-corrected chi connectivity index (χ3v) is 3.66. The molecule has 0 heterocycles. The summed E-state index contributed by atoms with van der Waals surface area (Å²) < 4.78 is 4.88. The molecule has 22 heavy (non-hydrogen) atoms. The van der Waals surface area contributed by atoms with E-state index in [2.05, 4.69) is 32.1 Å². The highest BCUT2D eigenvalue weighted by molar-refractivity contribution is 5.83. The number of carbonyl (C=O) groups is 1. The third kappa shape index (κ3) is 6.75. The summed E-state index contributed by atoms with van der Waals surface area (Å²) in [6.45, 7) is 8.35. The lowest BCUT2D eigenvalue weighted by Crippen LogP contribution is -1.99. The molecule has 0 aromatic carbocycles. The summed E-state index contributed by atoms with van der Waals surface area (Å²) in [6.07, 6.45) is 17.0. The van der Waals surface area contributed by atoms with Gasteiger partial charge in [-0.3, -0.25) is 0 Å². The van der Waals surface area contributed by atoms with Gasteiger partial charge >= 0.3 is 5.97 Å². The molecular weight excluding hydrogens is 272 g/mol. The second-order valence-corrected chi connectivity index (χ2v) is 5.60. The SMILES string of the molecule is C/C=C1/CCCC/C1=C\C(C)=C\C=C\C(C)=C\C(=O)OCC. The van der Waals surface area contributed by atoms with E-state index in [0.29, 0.717) is 6.61 Å². The average Bonchev–Trinajstić information content (AvgIpc) is 2.47. The van der Waals surface area contributed by atoms with Crippen LogP contribution in [0.1, 0.15) is 53.4 Å². The van der Waals surface area contributed by atoms with E-state index in [1.54, 1.807) is 6.92 Å². The molecule has 2 heteroatoms. The molecule has 1 aliphatic carbocycles. The number of hydrogen-bond acceptors (Lipinski definition) is 2. The lowest BCUT2D eigenvalue weighted by atomic mass is 9.88. The van der Waals surface area contributed by atoms with Crippen LogP contribution in [0, 0.1) is 0 Å². The van der Waals surface area contributed by atoms with Gasteiger partial charge < -0.3 is 4.74 Å². The Balaban J connectivity index is 2.69. The van der Waals surface area contributed by atoms with Crippen molar-refractivity contribution in [1.82, 2.24) is 0 Å². The minimum atomic E-state index is -0.285. The van der Waals surface area contributed by atoms with E-state index in [1.807, 2.05) is 19.1 Å². The van der Waals surface area contributed by atoms with Crippen molar-refractivity contribution in [1.29, 1.82) is 0 Å². The fraction of sp³-hybridized carbons (Fsp3) is 0.450. The second-order valence-electron chi connectivity index (χ2n) is 5.60. The van der Waals surface area contributed by atoms with Crippen LogP contribution in [0.5, 0.6) is 0 Å². The van der Waals surface area contributed by atoms with Crippen LogP contribution in [0.3, 0.4) is 0 Å². The molecule has 0 atom stereocenters. The van der Waals surface area contributed by atoms with Crippen LogP contribution in [0.15, 0.2) is 58.7 Å². The molecule has 0 N–H and O–H groups in total. The van der Waals surface area contributed by atoms with Crippen LogP contribution in [0.2, 0.25) is 0 Å². The van der Waals surface area contributed by atoms with E-state index in [4.69, 9.17) is 4.74 Å². The van der Waals surface area contributed by atoms with Crippen LogP contribution < -0.4 is 0 Å². The smallest absolute Gasteiger partial charge is 0.330 e. The summed E-state index contributed by atoms with van der Waals surface area (Å²) >= 11 is 0. The number of hydrogen-bond donors (Lipinski definition) is 0. The molecule has 1 aliphatic rings. The van der Waals surface area contributed by atoms with Gasteiger partial charge in [0.1, 0.15) is 0 Å². The molecule has 1 rings (SSSR count). The van der Waals surface area contributed by atoms with Crippen molar-refractivity contribution in [3.05, 3.63) is 58.7 Å². The van der Waals surface area contributed by atoms with Crippen LogP contribution >= 0.6 is 0 Å². The zero-order chi connectivity index (χ0) is 16.4. The number of rotatable bonds is 5. The molecule has 120 valence electrons. The molecule has 0 aromatic rings. The Hall–Kier alpha value is -1.83. The predicted molar refractivity (Wildman–Crippen MR) is 93.6 cm³/mol. The molecule has 1 fully saturated rings. The molecule has 0 bridgehead atoms. The van der Waals surface area contributed by atoms with Gasteiger partial charge in [-0.1, -0.05) is 36.0 Å². The minimum Gasteiger partial charge on any atom is -0.463 e. The normalized spacial score (nSPS) is 20.9. The van der Waals surface area contributed by atoms with Crippen molar-refractivity contribution < 1.29 is 9.53 Å². The van der Waals surface area contributed by atoms with Gasteiger partial charge in [-0.25, -0.2) is 4.79 Å². The maximum atomic E-state index is 11.3. The van der Waals surface area contributed by atoms with Crippen LogP contribution in [0.25, 0.3) is 0 Å². The van der Waals surface area contributed by atoms with Gasteiger partial charge in [0.05, 0.1) is 6.61 Å². The van der Waals surface area contributed by atoms with Crippen LogP contribution in [-0.4, -0.2) is 12.6 Å². The first-order valence-corrected chi connectivity index (χ1v) is 8.13. The molecule has 1 saturated carbocycles. The van der Waals surface area contributed by atoms with Gasteiger partial charge in [0, 0.05) is 6.08 Å². The lowest BCUT2D eigenvalue weighted by molar-refractivity contribution is -0.137. The van der Waals surface area contributed by atoms with E-state index in [9.17, 15) is 4.79 Å². The molecule has 2 nitrogen and oxygen atoms in total. The molecule has 0 aromatic heterocycles. The maximum Gasteiger partial charge on any atom is 0.330 e. The van der Waals surface area contributed by atoms with Gasteiger partial charge in [0.15, 0.2) is 0 Å². The van der Waals surface area contributed by atoms with Crippen molar-refractivity contribution in [2.45, 2.75) is 53.4 Å². The van der Waals surface area contributed by atoms with Gasteiger partial charge in [0.2, 0.25) is 0 Å². The van der Waals surface area contributed by atoms with Crippen molar-refractivity contribution in [3.8, 4) is 0 Å². The third-order valence-electron chi connectivity index (χ3n) is 3.66. The van der Waals surface area contributed by atoms with Crippen molar-refractivity contribution in [3.63, 3.8) is 0 Å². The number of ether oxygens (including phenoxy) is 1. The van der Waals surface area contributed by atoms with E-state index in [0.717, 1.165) is 5.57 Å². The van der Waals surface area contributed by atoms with Gasteiger partial charge in [0.25, 0.3) is 0 Å². The fourth-order valence-electron chi connectivity index (χ4n) is 2.54. The largest absolute Gasteiger partial charge is 0.463 e. The second kappa shape index (κ2) is 9.99. The predicted octanol–water partition coefficient (Wildman–Crippen LogP) is 5.45. The highest BCUT2D eigenvalue weighted by Crippen LogP contribution is 2.29. The summed E-state index contributed by atoms with van der Waals surface area (Å²) in [4.78, 5) is 11.3. The van der Waals surface area contributed by atoms with Crippen LogP contribution in [0.4, 0.5) is 0 Å². The highest BCUT2D eigenvalue weighted by atomic mass is 16.5. The Bertz CT molecular complexity index is 528. The molecule has 0 spiro atoms. The number of allylic oxidation sites excluding steroid dienone is 9. The fourth-order valence-corrected chi connectivity index (χ4v) is 2.54. The molecular formula is C20H28O2. The average molecular weight is 300 g/mol. The highest BCUT2D eigenvalue weighted by Gasteiger charge is 2.10. The minimum absolute atomic E-state index is 0.285. The zero-order valence-corrected chi connectivity index (χ0v) is 14.3. The monoisotopic (exact) mass is 300 g/mol. The lowest BCUT2D eigenvalue weighted by Gasteiger charge is -2.18. The Morgan fingerprint density at radius 1 is 1.14 bits per heavy atom. The zero-order valence-electron chi connectivity index (χ0n) is 14.3. The van der Waals surface area contributed by atoms with Gasteiger partial charge in [-0.05, 0) is 70.1 Å². The topological polar surface area (TPSA) is 26.3 Å². The Kier molecular flexibility index (Phi) is 8.27. The Morgan fingerprint density at radius 3 is 2.45 bits per heavy atom. The van der Waals surface area contributed by atoms with Gasteiger partial charge in [-0.15, -0.1) is 0 Å². The molecule has 0 amide bonds. The van der Waals surface area contributed by atoms with E-state index >= 15 is 0 Å². The summed E-state index contributed by atoms with van der Waals surface area (Å²) in [6, 6.07) is 0. The van der Waals surface area contributed by atoms with Crippen molar-refractivity contribution in [2.75, 3.05) is 6.61 Å².